The fourth-order valence-corrected chi connectivity index (χ4v) is 0.805. The van der Waals surface area contributed by atoms with Crippen LogP contribution in [0.4, 0.5) is 0 Å². The first-order valence-corrected chi connectivity index (χ1v) is 3.91. The minimum atomic E-state index is -1.86. The summed E-state index contributed by atoms with van der Waals surface area (Å²) in [5.74, 6) is -2.07. The number of aliphatic carboxylic acids is 1. The second kappa shape index (κ2) is 4.12. The van der Waals surface area contributed by atoms with Gasteiger partial charge in [-0.1, -0.05) is 34.8 Å². The van der Waals surface area contributed by atoms with Crippen LogP contribution in [0, 0.1) is 0 Å². The zero-order valence-electron chi connectivity index (χ0n) is 5.97. The number of alkyl halides is 3. The van der Waals surface area contributed by atoms with Gasteiger partial charge in [0.2, 0.25) is 3.79 Å². The first kappa shape index (κ1) is 11.8. The maximum Gasteiger partial charge on any atom is 0.339 e. The Morgan fingerprint density at radius 1 is 1.33 bits per heavy atom. The van der Waals surface area contributed by atoms with Crippen molar-refractivity contribution < 1.29 is 14.7 Å². The van der Waals surface area contributed by atoms with Crippen molar-refractivity contribution in [2.75, 3.05) is 0 Å². The molecule has 0 bridgehead atoms. The second-order valence-corrected chi connectivity index (χ2v) is 4.33. The van der Waals surface area contributed by atoms with Crippen molar-refractivity contribution in [3.63, 3.8) is 0 Å². The van der Waals surface area contributed by atoms with E-state index in [0.29, 0.717) is 0 Å². The molecular formula is C6H5Cl3O3. The van der Waals surface area contributed by atoms with E-state index >= 15 is 0 Å². The molecule has 0 heterocycles. The van der Waals surface area contributed by atoms with Crippen molar-refractivity contribution in [3.05, 3.63) is 11.6 Å². The molecule has 0 saturated carbocycles. The molecule has 0 fully saturated rings. The molecule has 0 amide bonds. The van der Waals surface area contributed by atoms with Crippen LogP contribution in [0.25, 0.3) is 0 Å². The summed E-state index contributed by atoms with van der Waals surface area (Å²) < 4.78 is -1.86. The number of hydrogen-bond acceptors (Lipinski definition) is 2. The van der Waals surface area contributed by atoms with Crippen molar-refractivity contribution in [3.8, 4) is 0 Å². The molecule has 3 nitrogen and oxygen atoms in total. The molecule has 0 aromatic carbocycles. The number of carbonyl (C=O) groups excluding carboxylic acids is 1. The van der Waals surface area contributed by atoms with Crippen LogP contribution in [-0.4, -0.2) is 20.7 Å². The largest absolute Gasteiger partial charge is 0.478 e. The van der Waals surface area contributed by atoms with Crippen LogP contribution in [0.15, 0.2) is 11.6 Å². The third-order valence-electron chi connectivity index (χ3n) is 0.918. The minimum Gasteiger partial charge on any atom is -0.478 e. The van der Waals surface area contributed by atoms with Gasteiger partial charge in [0.1, 0.15) is 5.57 Å². The van der Waals surface area contributed by atoms with Gasteiger partial charge in [-0.3, -0.25) is 4.79 Å². The number of carboxylic acids is 1. The quantitative estimate of drug-likeness (QED) is 0.342. The number of halogens is 3. The second-order valence-electron chi connectivity index (χ2n) is 1.96. The van der Waals surface area contributed by atoms with E-state index in [1.54, 1.807) is 0 Å². The van der Waals surface area contributed by atoms with Crippen molar-refractivity contribution in [2.24, 2.45) is 0 Å². The molecule has 0 spiro atoms. The van der Waals surface area contributed by atoms with Gasteiger partial charge >= 0.3 is 5.97 Å². The van der Waals surface area contributed by atoms with Crippen molar-refractivity contribution in [1.29, 1.82) is 0 Å². The molecular weight excluding hydrogens is 226 g/mol. The van der Waals surface area contributed by atoms with Gasteiger partial charge in [0.25, 0.3) is 0 Å². The summed E-state index contributed by atoms with van der Waals surface area (Å²) in [6, 6.07) is 0. The van der Waals surface area contributed by atoms with Gasteiger partial charge in [-0.15, -0.1) is 0 Å². The number of carbonyl (C=O) groups is 2. The lowest BCUT2D eigenvalue weighted by molar-refractivity contribution is -0.134. The van der Waals surface area contributed by atoms with Gasteiger partial charge in [-0.2, -0.15) is 0 Å². The summed E-state index contributed by atoms with van der Waals surface area (Å²) in [6.07, 6.45) is 0.766. The monoisotopic (exact) mass is 230 g/mol. The lowest BCUT2D eigenvalue weighted by Crippen LogP contribution is -2.12. The molecule has 0 aliphatic rings. The number of allylic oxidation sites excluding steroid dienone is 1. The maximum absolute atomic E-state index is 10.6. The average molecular weight is 231 g/mol. The van der Waals surface area contributed by atoms with Crippen LogP contribution in [0.3, 0.4) is 0 Å². The summed E-state index contributed by atoms with van der Waals surface area (Å²) in [5, 5.41) is 8.44. The van der Waals surface area contributed by atoms with Crippen LogP contribution in [-0.2, 0) is 9.59 Å². The highest BCUT2D eigenvalue weighted by Gasteiger charge is 2.22. The normalized spacial score (nSPS) is 12.8. The zero-order chi connectivity index (χ0) is 9.94. The van der Waals surface area contributed by atoms with Crippen molar-refractivity contribution >= 4 is 46.6 Å². The molecule has 0 radical (unpaired) electrons. The van der Waals surface area contributed by atoms with Crippen LogP contribution in [0.5, 0.6) is 0 Å². The van der Waals surface area contributed by atoms with Gasteiger partial charge < -0.3 is 5.11 Å². The third-order valence-corrected chi connectivity index (χ3v) is 1.25. The summed E-state index contributed by atoms with van der Waals surface area (Å²) in [7, 11) is 0. The molecule has 0 aromatic heterocycles. The Labute approximate surface area is 83.9 Å². The highest BCUT2D eigenvalue weighted by atomic mass is 35.6. The van der Waals surface area contributed by atoms with Gasteiger partial charge in [0.05, 0.1) is 0 Å². The van der Waals surface area contributed by atoms with E-state index in [2.05, 4.69) is 0 Å². The van der Waals surface area contributed by atoms with Crippen LogP contribution in [0.1, 0.15) is 6.92 Å². The van der Waals surface area contributed by atoms with Crippen LogP contribution >= 0.6 is 34.8 Å². The Hall–Kier alpha value is -0.250. The summed E-state index contributed by atoms with van der Waals surface area (Å²) in [4.78, 5) is 21.0. The molecule has 6 heteroatoms. The van der Waals surface area contributed by atoms with Gasteiger partial charge in [0, 0.05) is 0 Å². The van der Waals surface area contributed by atoms with Crippen molar-refractivity contribution in [2.45, 2.75) is 10.7 Å². The third kappa shape index (κ3) is 4.59. The molecule has 0 aliphatic heterocycles. The molecule has 1 N–H and O–H groups in total. The summed E-state index contributed by atoms with van der Waals surface area (Å²) in [6.45, 7) is 1.08. The molecule has 0 aliphatic carbocycles. The standard InChI is InChI=1S/C6H5Cl3O3/c1-3(10)4(5(11)12)2-6(7,8)9/h2H,1H3,(H,11,12)/b4-2+. The molecule has 0 rings (SSSR count). The van der Waals surface area contributed by atoms with E-state index in [9.17, 15) is 9.59 Å². The van der Waals surface area contributed by atoms with Crippen LogP contribution < -0.4 is 0 Å². The Bertz CT molecular complexity index is 223. The predicted molar refractivity (Wildman–Crippen MR) is 46.7 cm³/mol. The Morgan fingerprint density at radius 2 is 1.75 bits per heavy atom. The lowest BCUT2D eigenvalue weighted by atomic mass is 10.2. The molecule has 68 valence electrons. The van der Waals surface area contributed by atoms with Crippen LogP contribution in [0.2, 0.25) is 0 Å². The van der Waals surface area contributed by atoms with Crippen molar-refractivity contribution in [1.82, 2.24) is 0 Å². The highest BCUT2D eigenvalue weighted by molar-refractivity contribution is 6.69. The first-order valence-electron chi connectivity index (χ1n) is 2.78. The van der Waals surface area contributed by atoms with E-state index in [-0.39, 0.29) is 0 Å². The number of ketones is 1. The molecule has 12 heavy (non-hydrogen) atoms. The number of hydrogen-bond donors (Lipinski definition) is 1. The zero-order valence-corrected chi connectivity index (χ0v) is 8.24. The fraction of sp³-hybridized carbons (Fsp3) is 0.333. The van der Waals surface area contributed by atoms with E-state index < -0.39 is 21.1 Å². The molecule has 0 aromatic rings. The Kier molecular flexibility index (Phi) is 4.03. The lowest BCUT2D eigenvalue weighted by Gasteiger charge is -2.04. The number of rotatable bonds is 2. The van der Waals surface area contributed by atoms with E-state index in [4.69, 9.17) is 39.9 Å². The Balaban J connectivity index is 4.88. The SMILES string of the molecule is CC(=O)/C(=C\C(Cl)(Cl)Cl)C(=O)O. The first-order chi connectivity index (χ1) is 5.24. The summed E-state index contributed by atoms with van der Waals surface area (Å²) in [5.41, 5.74) is -0.532. The predicted octanol–water partition coefficient (Wildman–Crippen LogP) is 1.96. The van der Waals surface area contributed by atoms with Gasteiger partial charge in [-0.05, 0) is 13.0 Å². The van der Waals surface area contributed by atoms with Gasteiger partial charge in [-0.25, -0.2) is 4.79 Å². The smallest absolute Gasteiger partial charge is 0.339 e. The topological polar surface area (TPSA) is 54.4 Å². The number of carboxylic acid groups (broad SMARTS) is 1. The van der Waals surface area contributed by atoms with E-state index in [1.165, 1.54) is 0 Å². The fourth-order valence-electron chi connectivity index (χ4n) is 0.478. The Morgan fingerprint density at radius 3 is 1.83 bits per heavy atom. The van der Waals surface area contributed by atoms with E-state index in [1.807, 2.05) is 0 Å². The number of Topliss-reactive ketones (excluding diaryl/α,β-unsaturated/α-hetero) is 1. The van der Waals surface area contributed by atoms with Gasteiger partial charge in [0.15, 0.2) is 5.78 Å². The highest BCUT2D eigenvalue weighted by Crippen LogP contribution is 2.29. The molecule has 0 unspecified atom stereocenters. The maximum atomic E-state index is 10.6. The van der Waals surface area contributed by atoms with E-state index in [0.717, 1.165) is 13.0 Å². The average Bonchev–Trinajstić information content (AvgIpc) is 1.79. The molecule has 0 atom stereocenters. The summed E-state index contributed by atoms with van der Waals surface area (Å²) >= 11 is 15.8. The molecule has 0 saturated heterocycles. The minimum absolute atomic E-state index is 0.532.